The Balaban J connectivity index is 3.51. The largest absolute Gasteiger partial charge is 0.328 e. The van der Waals surface area contributed by atoms with E-state index in [9.17, 15) is 13.6 Å². The fourth-order valence-corrected chi connectivity index (χ4v) is 1.09. The van der Waals surface area contributed by atoms with Crippen molar-refractivity contribution in [1.29, 1.82) is 5.26 Å². The highest BCUT2D eigenvalue weighted by atomic mass is 19.3. The van der Waals surface area contributed by atoms with Gasteiger partial charge in [-0.3, -0.25) is 4.79 Å². The lowest BCUT2D eigenvalue weighted by atomic mass is 10.1. The third kappa shape index (κ3) is 1.63. The second kappa shape index (κ2) is 3.98. The van der Waals surface area contributed by atoms with Crippen LogP contribution in [-0.2, 0) is 6.54 Å². The average Bonchev–Trinajstić information content (AvgIpc) is 2.16. The summed E-state index contributed by atoms with van der Waals surface area (Å²) in [4.78, 5) is 13.2. The van der Waals surface area contributed by atoms with Gasteiger partial charge in [-0.05, 0) is 0 Å². The number of aromatic nitrogens is 1. The van der Waals surface area contributed by atoms with Crippen LogP contribution in [0.15, 0.2) is 11.0 Å². The molecule has 1 rings (SSSR count). The summed E-state index contributed by atoms with van der Waals surface area (Å²) in [6.07, 6.45) is -1.96. The van der Waals surface area contributed by atoms with Crippen molar-refractivity contribution in [3.8, 4) is 6.07 Å². The van der Waals surface area contributed by atoms with E-state index in [0.29, 0.717) is 0 Å². The molecular weight excluding hydrogens is 192 g/mol. The summed E-state index contributed by atoms with van der Waals surface area (Å²) in [7, 11) is 0. The maximum absolute atomic E-state index is 12.3. The van der Waals surface area contributed by atoms with Gasteiger partial charge in [-0.25, -0.2) is 8.78 Å². The predicted molar refractivity (Wildman–Crippen MR) is 44.6 cm³/mol. The smallest absolute Gasteiger partial charge is 0.266 e. The van der Waals surface area contributed by atoms with Gasteiger partial charge in [0.25, 0.3) is 12.0 Å². The number of halogens is 2. The van der Waals surface area contributed by atoms with Crippen molar-refractivity contribution in [3.05, 3.63) is 33.2 Å². The van der Waals surface area contributed by atoms with Crippen molar-refractivity contribution >= 4 is 0 Å². The van der Waals surface area contributed by atoms with Gasteiger partial charge in [-0.15, -0.1) is 0 Å². The number of H-pyrrole nitrogens is 1. The minimum atomic E-state index is -2.80. The third-order valence-electron chi connectivity index (χ3n) is 1.77. The van der Waals surface area contributed by atoms with Crippen LogP contribution in [-0.4, -0.2) is 4.98 Å². The summed E-state index contributed by atoms with van der Waals surface area (Å²) in [6, 6.07) is 1.56. The molecule has 14 heavy (non-hydrogen) atoms. The van der Waals surface area contributed by atoms with E-state index in [1.807, 2.05) is 0 Å². The highest BCUT2D eigenvalue weighted by Gasteiger charge is 2.17. The number of nitriles is 1. The highest BCUT2D eigenvalue weighted by molar-refractivity contribution is 5.42. The van der Waals surface area contributed by atoms with Crippen molar-refractivity contribution in [3.63, 3.8) is 0 Å². The van der Waals surface area contributed by atoms with E-state index in [0.717, 1.165) is 6.20 Å². The molecule has 0 aliphatic carbocycles. The van der Waals surface area contributed by atoms with Gasteiger partial charge in [0.15, 0.2) is 0 Å². The zero-order valence-electron chi connectivity index (χ0n) is 7.05. The van der Waals surface area contributed by atoms with Crippen LogP contribution in [0.5, 0.6) is 0 Å². The number of hydrogen-bond acceptors (Lipinski definition) is 3. The number of nitrogens with two attached hydrogens (primary N) is 1. The lowest BCUT2D eigenvalue weighted by molar-refractivity contribution is 0.150. The van der Waals surface area contributed by atoms with Crippen LogP contribution in [0.25, 0.3) is 0 Å². The van der Waals surface area contributed by atoms with Gasteiger partial charge < -0.3 is 10.7 Å². The Morgan fingerprint density at radius 1 is 1.64 bits per heavy atom. The standard InChI is InChI=1S/C8H7F2N3O/c9-7(10)6-3-13-8(14)5(2-12)4(6)1-11/h3,7H,2,12H2,(H,13,14). The number of rotatable bonds is 2. The normalized spacial score (nSPS) is 10.2. The molecule has 1 heterocycles. The van der Waals surface area contributed by atoms with Gasteiger partial charge in [0.2, 0.25) is 0 Å². The first kappa shape index (κ1) is 10.3. The number of alkyl halides is 2. The average molecular weight is 199 g/mol. The van der Waals surface area contributed by atoms with Crippen LogP contribution in [0.4, 0.5) is 8.78 Å². The summed E-state index contributed by atoms with van der Waals surface area (Å²) in [6.45, 7) is -0.237. The zero-order valence-corrected chi connectivity index (χ0v) is 7.05. The van der Waals surface area contributed by atoms with Crippen LogP contribution in [0, 0.1) is 11.3 Å². The molecule has 4 nitrogen and oxygen atoms in total. The number of pyridine rings is 1. The topological polar surface area (TPSA) is 82.7 Å². The molecular formula is C8H7F2N3O. The van der Waals surface area contributed by atoms with Crippen molar-refractivity contribution in [2.75, 3.05) is 0 Å². The summed E-state index contributed by atoms with van der Waals surface area (Å²) in [5, 5.41) is 8.61. The maximum atomic E-state index is 12.3. The van der Waals surface area contributed by atoms with Gasteiger partial charge in [0.05, 0.1) is 11.1 Å². The first-order valence-corrected chi connectivity index (χ1v) is 3.74. The Kier molecular flexibility index (Phi) is 2.94. The van der Waals surface area contributed by atoms with Crippen LogP contribution in [0.1, 0.15) is 23.1 Å². The Bertz CT molecular complexity index is 433. The molecule has 0 saturated carbocycles. The molecule has 0 saturated heterocycles. The Hall–Kier alpha value is -1.74. The summed E-state index contributed by atoms with van der Waals surface area (Å²) in [5.41, 5.74) is 3.65. The van der Waals surface area contributed by atoms with Crippen LogP contribution >= 0.6 is 0 Å². The fourth-order valence-electron chi connectivity index (χ4n) is 1.09. The molecule has 0 amide bonds. The van der Waals surface area contributed by atoms with Gasteiger partial charge >= 0.3 is 0 Å². The van der Waals surface area contributed by atoms with Crippen molar-refractivity contribution in [2.45, 2.75) is 13.0 Å². The monoisotopic (exact) mass is 199 g/mol. The van der Waals surface area contributed by atoms with Gasteiger partial charge in [-0.2, -0.15) is 5.26 Å². The van der Waals surface area contributed by atoms with Crippen molar-refractivity contribution < 1.29 is 8.78 Å². The molecule has 0 aliphatic heterocycles. The fraction of sp³-hybridized carbons (Fsp3) is 0.250. The molecule has 0 unspecified atom stereocenters. The van der Waals surface area contributed by atoms with Crippen LogP contribution in [0.2, 0.25) is 0 Å². The highest BCUT2D eigenvalue weighted by Crippen LogP contribution is 2.21. The first-order valence-electron chi connectivity index (χ1n) is 3.74. The minimum Gasteiger partial charge on any atom is -0.328 e. The molecule has 0 fully saturated rings. The molecule has 6 heteroatoms. The molecule has 0 bridgehead atoms. The van der Waals surface area contributed by atoms with Crippen LogP contribution in [0.3, 0.4) is 0 Å². The van der Waals surface area contributed by atoms with Crippen LogP contribution < -0.4 is 11.3 Å². The van der Waals surface area contributed by atoms with E-state index in [4.69, 9.17) is 11.0 Å². The second-order valence-electron chi connectivity index (χ2n) is 2.54. The molecule has 0 aromatic carbocycles. The van der Waals surface area contributed by atoms with E-state index in [1.165, 1.54) is 0 Å². The Morgan fingerprint density at radius 2 is 2.29 bits per heavy atom. The molecule has 0 radical (unpaired) electrons. The van der Waals surface area contributed by atoms with Crippen molar-refractivity contribution in [2.24, 2.45) is 5.73 Å². The number of aromatic amines is 1. The summed E-state index contributed by atoms with van der Waals surface area (Å²) in [5.74, 6) is 0. The second-order valence-corrected chi connectivity index (χ2v) is 2.54. The molecule has 0 atom stereocenters. The molecule has 0 aliphatic rings. The van der Waals surface area contributed by atoms with Gasteiger partial charge in [0.1, 0.15) is 6.07 Å². The number of hydrogen-bond donors (Lipinski definition) is 2. The Morgan fingerprint density at radius 3 is 2.71 bits per heavy atom. The van der Waals surface area contributed by atoms with Gasteiger partial charge in [0, 0.05) is 18.3 Å². The molecule has 74 valence electrons. The SMILES string of the molecule is N#Cc1c(C(F)F)c[nH]c(=O)c1CN. The van der Waals surface area contributed by atoms with E-state index >= 15 is 0 Å². The lowest BCUT2D eigenvalue weighted by Crippen LogP contribution is -2.19. The van der Waals surface area contributed by atoms with E-state index < -0.39 is 17.5 Å². The zero-order chi connectivity index (χ0) is 10.7. The third-order valence-corrected chi connectivity index (χ3v) is 1.77. The van der Waals surface area contributed by atoms with E-state index in [-0.39, 0.29) is 17.7 Å². The van der Waals surface area contributed by atoms with E-state index in [2.05, 4.69) is 4.98 Å². The van der Waals surface area contributed by atoms with Crippen molar-refractivity contribution in [1.82, 2.24) is 4.98 Å². The first-order chi connectivity index (χ1) is 6.61. The maximum Gasteiger partial charge on any atom is 0.266 e. The quantitative estimate of drug-likeness (QED) is 0.733. The number of nitrogens with zero attached hydrogens (tertiary/aromatic N) is 1. The molecule has 1 aromatic heterocycles. The summed E-state index contributed by atoms with van der Waals surface area (Å²) < 4.78 is 24.7. The number of nitrogens with one attached hydrogen (secondary N) is 1. The molecule has 1 aromatic rings. The predicted octanol–water partition coefficient (Wildman–Crippen LogP) is 0.643. The van der Waals surface area contributed by atoms with Gasteiger partial charge in [-0.1, -0.05) is 0 Å². The molecule has 3 N–H and O–H groups in total. The molecule has 0 spiro atoms. The lowest BCUT2D eigenvalue weighted by Gasteiger charge is -2.05. The Labute approximate surface area is 78.0 Å². The van der Waals surface area contributed by atoms with E-state index in [1.54, 1.807) is 6.07 Å². The summed E-state index contributed by atoms with van der Waals surface area (Å²) >= 11 is 0. The minimum absolute atomic E-state index is 0.106.